The van der Waals surface area contributed by atoms with Gasteiger partial charge in [0.1, 0.15) is 0 Å². The summed E-state index contributed by atoms with van der Waals surface area (Å²) in [5, 5.41) is 4.60. The molecule has 3 nitrogen and oxygen atoms in total. The van der Waals surface area contributed by atoms with E-state index in [0.29, 0.717) is 0 Å². The summed E-state index contributed by atoms with van der Waals surface area (Å²) in [5.74, 6) is 0. The molecule has 0 amide bonds. The van der Waals surface area contributed by atoms with Crippen LogP contribution in [-0.4, -0.2) is 18.1 Å². The summed E-state index contributed by atoms with van der Waals surface area (Å²) in [6, 6.07) is 10.6. The number of pyridine rings is 1. The lowest BCUT2D eigenvalue weighted by Gasteiger charge is -2.06. The molecule has 0 bridgehead atoms. The number of hydrogen-bond acceptors (Lipinski definition) is 3. The van der Waals surface area contributed by atoms with Crippen LogP contribution in [0.25, 0.3) is 10.9 Å². The average Bonchev–Trinajstić information content (AvgIpc) is 2.43. The molecule has 0 saturated carbocycles. The Morgan fingerprint density at radius 2 is 2.21 bits per heavy atom. The van der Waals surface area contributed by atoms with E-state index in [1.54, 1.807) is 0 Å². The number of nitrogens with one attached hydrogen (secondary N) is 1. The number of benzene rings is 1. The van der Waals surface area contributed by atoms with E-state index in [2.05, 4.69) is 41.1 Å². The highest BCUT2D eigenvalue weighted by molar-refractivity contribution is 5.79. The smallest absolute Gasteiger partial charge is 0.0885 e. The first-order chi connectivity index (χ1) is 9.29. The first kappa shape index (κ1) is 13.6. The van der Waals surface area contributed by atoms with Gasteiger partial charge in [0.15, 0.2) is 0 Å². The minimum absolute atomic E-state index is 0.720. The molecule has 0 unspecified atom stereocenters. The fraction of sp³-hybridized carbons (Fsp3) is 0.312. The van der Waals surface area contributed by atoms with Gasteiger partial charge in [0, 0.05) is 17.6 Å². The molecule has 1 aromatic carbocycles. The molecule has 1 N–H and O–H groups in total. The zero-order valence-corrected chi connectivity index (χ0v) is 11.4. The van der Waals surface area contributed by atoms with E-state index in [1.165, 1.54) is 17.2 Å². The van der Waals surface area contributed by atoms with Crippen molar-refractivity contribution in [1.82, 2.24) is 10.3 Å². The maximum atomic E-state index is 5.07. The van der Waals surface area contributed by atoms with Crippen molar-refractivity contribution in [3.63, 3.8) is 0 Å². The highest BCUT2D eigenvalue weighted by Crippen LogP contribution is 2.14. The molecule has 0 saturated heterocycles. The molecule has 1 heterocycles. The van der Waals surface area contributed by atoms with E-state index in [-0.39, 0.29) is 0 Å². The Morgan fingerprint density at radius 3 is 3.05 bits per heavy atom. The predicted octanol–water partition coefficient (Wildman–Crippen LogP) is 3.18. The Kier molecular flexibility index (Phi) is 4.93. The van der Waals surface area contributed by atoms with E-state index >= 15 is 0 Å². The molecule has 0 fully saturated rings. The Bertz CT molecular complexity index is 551. The predicted molar refractivity (Wildman–Crippen MR) is 79.0 cm³/mol. The van der Waals surface area contributed by atoms with Crippen molar-refractivity contribution >= 4 is 10.9 Å². The maximum absolute atomic E-state index is 5.07. The van der Waals surface area contributed by atoms with Crippen molar-refractivity contribution in [2.75, 3.05) is 13.2 Å². The largest absolute Gasteiger partial charge is 0.502 e. The van der Waals surface area contributed by atoms with Crippen LogP contribution in [0.1, 0.15) is 17.7 Å². The fourth-order valence-electron chi connectivity index (χ4n) is 1.98. The van der Waals surface area contributed by atoms with E-state index in [1.807, 2.05) is 13.0 Å². The first-order valence-corrected chi connectivity index (χ1v) is 6.59. The standard InChI is InChI=1S/C16H20N2O/c1-3-19-10-4-9-17-12-14-6-8-16-15(11-14)7-5-13(2)18-16/h3,5-8,11,17H,1,4,9-10,12H2,2H3. The third-order valence-electron chi connectivity index (χ3n) is 2.96. The van der Waals surface area contributed by atoms with Gasteiger partial charge in [-0.1, -0.05) is 18.7 Å². The van der Waals surface area contributed by atoms with Crippen LogP contribution in [0.3, 0.4) is 0 Å². The zero-order chi connectivity index (χ0) is 13.5. The van der Waals surface area contributed by atoms with Crippen molar-refractivity contribution < 1.29 is 4.74 Å². The van der Waals surface area contributed by atoms with Crippen LogP contribution in [0.15, 0.2) is 43.2 Å². The van der Waals surface area contributed by atoms with E-state index in [0.717, 1.165) is 37.3 Å². The van der Waals surface area contributed by atoms with Gasteiger partial charge in [-0.05, 0) is 43.7 Å². The molecule has 2 aromatic rings. The topological polar surface area (TPSA) is 34.1 Å². The molecule has 1 aromatic heterocycles. The second kappa shape index (κ2) is 6.90. The van der Waals surface area contributed by atoms with Crippen molar-refractivity contribution in [3.8, 4) is 0 Å². The van der Waals surface area contributed by atoms with Gasteiger partial charge in [0.25, 0.3) is 0 Å². The lowest BCUT2D eigenvalue weighted by Crippen LogP contribution is -2.15. The average molecular weight is 256 g/mol. The summed E-state index contributed by atoms with van der Waals surface area (Å²) in [4.78, 5) is 4.50. The lowest BCUT2D eigenvalue weighted by molar-refractivity contribution is 0.244. The minimum atomic E-state index is 0.720. The van der Waals surface area contributed by atoms with Crippen LogP contribution in [0.2, 0.25) is 0 Å². The number of fused-ring (bicyclic) bond motifs is 1. The maximum Gasteiger partial charge on any atom is 0.0885 e. The van der Waals surface area contributed by atoms with Crippen LogP contribution >= 0.6 is 0 Å². The Hall–Kier alpha value is -1.87. The van der Waals surface area contributed by atoms with Crippen LogP contribution in [0.4, 0.5) is 0 Å². The Morgan fingerprint density at radius 1 is 1.32 bits per heavy atom. The second-order valence-electron chi connectivity index (χ2n) is 4.55. The summed E-state index contributed by atoms with van der Waals surface area (Å²) >= 11 is 0. The summed E-state index contributed by atoms with van der Waals surface area (Å²) < 4.78 is 5.07. The molecule has 0 radical (unpaired) electrons. The summed E-state index contributed by atoms with van der Waals surface area (Å²) in [6.45, 7) is 8.06. The normalized spacial score (nSPS) is 10.6. The quantitative estimate of drug-likeness (QED) is 0.610. The van der Waals surface area contributed by atoms with E-state index in [9.17, 15) is 0 Å². The number of hydrogen-bond donors (Lipinski definition) is 1. The number of ether oxygens (including phenoxy) is 1. The summed E-state index contributed by atoms with van der Waals surface area (Å²) in [7, 11) is 0. The van der Waals surface area contributed by atoms with Crippen molar-refractivity contribution in [1.29, 1.82) is 0 Å². The monoisotopic (exact) mass is 256 g/mol. The van der Waals surface area contributed by atoms with Gasteiger partial charge in [-0.3, -0.25) is 4.98 Å². The lowest BCUT2D eigenvalue weighted by atomic mass is 10.1. The third kappa shape index (κ3) is 4.07. The fourth-order valence-corrected chi connectivity index (χ4v) is 1.98. The van der Waals surface area contributed by atoms with Crippen LogP contribution in [0.5, 0.6) is 0 Å². The van der Waals surface area contributed by atoms with Gasteiger partial charge in [-0.2, -0.15) is 0 Å². The molecule has 19 heavy (non-hydrogen) atoms. The van der Waals surface area contributed by atoms with Gasteiger partial charge in [-0.25, -0.2) is 0 Å². The Labute approximate surface area is 114 Å². The zero-order valence-electron chi connectivity index (χ0n) is 11.4. The molecule has 3 heteroatoms. The second-order valence-corrected chi connectivity index (χ2v) is 4.55. The van der Waals surface area contributed by atoms with Crippen molar-refractivity contribution in [2.45, 2.75) is 19.9 Å². The number of aryl methyl sites for hydroxylation is 1. The molecule has 0 aliphatic carbocycles. The van der Waals surface area contributed by atoms with Gasteiger partial charge in [0.2, 0.25) is 0 Å². The van der Waals surface area contributed by atoms with Gasteiger partial charge < -0.3 is 10.1 Å². The summed E-state index contributed by atoms with van der Waals surface area (Å²) in [6.07, 6.45) is 2.47. The highest BCUT2D eigenvalue weighted by atomic mass is 16.5. The molecule has 0 aliphatic heterocycles. The molecule has 2 rings (SSSR count). The van der Waals surface area contributed by atoms with Gasteiger partial charge in [-0.15, -0.1) is 0 Å². The minimum Gasteiger partial charge on any atom is -0.502 e. The highest BCUT2D eigenvalue weighted by Gasteiger charge is 1.98. The van der Waals surface area contributed by atoms with E-state index < -0.39 is 0 Å². The van der Waals surface area contributed by atoms with E-state index in [4.69, 9.17) is 4.74 Å². The van der Waals surface area contributed by atoms with Gasteiger partial charge in [0.05, 0.1) is 18.4 Å². The SMILES string of the molecule is C=COCCCNCc1ccc2nc(C)ccc2c1. The molecule has 0 aliphatic rings. The van der Waals surface area contributed by atoms with Crippen LogP contribution in [-0.2, 0) is 11.3 Å². The van der Waals surface area contributed by atoms with Crippen LogP contribution in [0, 0.1) is 6.92 Å². The molecule has 100 valence electrons. The number of nitrogens with zero attached hydrogens (tertiary/aromatic N) is 1. The summed E-state index contributed by atoms with van der Waals surface area (Å²) in [5.41, 5.74) is 3.39. The first-order valence-electron chi connectivity index (χ1n) is 6.59. The Balaban J connectivity index is 1.87. The van der Waals surface area contributed by atoms with Crippen molar-refractivity contribution in [2.24, 2.45) is 0 Å². The number of rotatable bonds is 7. The van der Waals surface area contributed by atoms with Crippen molar-refractivity contribution in [3.05, 3.63) is 54.4 Å². The molecule has 0 spiro atoms. The molecular weight excluding hydrogens is 236 g/mol. The van der Waals surface area contributed by atoms with Gasteiger partial charge >= 0.3 is 0 Å². The third-order valence-corrected chi connectivity index (χ3v) is 2.96. The molecule has 0 atom stereocenters. The van der Waals surface area contributed by atoms with Crippen LogP contribution < -0.4 is 5.32 Å². The molecular formula is C16H20N2O. The number of aromatic nitrogens is 1.